The molecule has 0 unspecified atom stereocenters. The van der Waals surface area contributed by atoms with E-state index in [0.717, 1.165) is 32.6 Å². The number of amides is 1. The van der Waals surface area contributed by atoms with E-state index >= 15 is 0 Å². The van der Waals surface area contributed by atoms with Gasteiger partial charge in [0.15, 0.2) is 6.61 Å². The zero-order valence-electron chi connectivity index (χ0n) is 21.1. The highest BCUT2D eigenvalue weighted by Crippen LogP contribution is 2.32. The Balaban J connectivity index is 1.30. The summed E-state index contributed by atoms with van der Waals surface area (Å²) in [7, 11) is 0. The molecule has 3 aromatic carbocycles. The van der Waals surface area contributed by atoms with Crippen molar-refractivity contribution in [1.82, 2.24) is 14.7 Å². The van der Waals surface area contributed by atoms with Crippen LogP contribution in [0.3, 0.4) is 0 Å². The molecule has 2 heterocycles. The smallest absolute Gasteiger partial charge is 0.348 e. The molecule has 9 heteroatoms. The Morgan fingerprint density at radius 3 is 2.08 bits per heavy atom. The zero-order valence-corrected chi connectivity index (χ0v) is 23.5. The molecule has 0 bridgehead atoms. The number of esters is 1. The van der Waals surface area contributed by atoms with Crippen molar-refractivity contribution < 1.29 is 14.3 Å². The molecule has 0 spiro atoms. The normalized spacial score (nSPS) is 11.1. The van der Waals surface area contributed by atoms with Crippen molar-refractivity contribution in [2.24, 2.45) is 0 Å². The summed E-state index contributed by atoms with van der Waals surface area (Å²) in [4.78, 5) is 29.1. The first-order chi connectivity index (χ1) is 18.9. The highest BCUT2D eigenvalue weighted by Gasteiger charge is 2.21. The minimum atomic E-state index is -0.550. The van der Waals surface area contributed by atoms with Crippen molar-refractivity contribution in [3.05, 3.63) is 122 Å². The van der Waals surface area contributed by atoms with Crippen LogP contribution in [0.1, 0.15) is 32.1 Å². The Labute approximate surface area is 240 Å². The first kappa shape index (κ1) is 26.9. The molecule has 2 aromatic heterocycles. The molecule has 0 aliphatic heterocycles. The Morgan fingerprint density at radius 2 is 1.49 bits per heavy atom. The summed E-state index contributed by atoms with van der Waals surface area (Å²) in [6.07, 6.45) is 0. The fourth-order valence-corrected chi connectivity index (χ4v) is 5.85. The molecule has 39 heavy (non-hydrogen) atoms. The van der Waals surface area contributed by atoms with Crippen LogP contribution in [0.4, 0.5) is 0 Å². The van der Waals surface area contributed by atoms with Gasteiger partial charge in [-0.15, -0.1) is 11.3 Å². The maximum absolute atomic E-state index is 13.2. The number of carbonyl (C=O) groups excluding carboxylic acids is 2. The highest BCUT2D eigenvalue weighted by molar-refractivity contribution is 7.20. The maximum atomic E-state index is 13.2. The second kappa shape index (κ2) is 12.0. The van der Waals surface area contributed by atoms with Gasteiger partial charge in [-0.1, -0.05) is 89.9 Å². The Morgan fingerprint density at radius 1 is 0.897 bits per heavy atom. The molecule has 0 atom stereocenters. The number of ether oxygens (including phenoxy) is 1. The summed E-state index contributed by atoms with van der Waals surface area (Å²) in [5.41, 5.74) is 3.52. The van der Waals surface area contributed by atoms with Crippen molar-refractivity contribution in [1.29, 1.82) is 0 Å². The van der Waals surface area contributed by atoms with Gasteiger partial charge in [0, 0.05) is 34.1 Å². The molecule has 5 aromatic rings. The SMILES string of the molecule is Cc1nn(Cc2c(Cl)cccc2Cl)c2sc(C(=O)OCC(=O)N(Cc3ccccc3)Cc3ccccc3)cc12. The van der Waals surface area contributed by atoms with Gasteiger partial charge in [-0.2, -0.15) is 5.10 Å². The number of rotatable bonds is 9. The first-order valence-corrected chi connectivity index (χ1v) is 13.9. The van der Waals surface area contributed by atoms with E-state index in [-0.39, 0.29) is 12.5 Å². The summed E-state index contributed by atoms with van der Waals surface area (Å²) in [5.74, 6) is -0.821. The second-order valence-electron chi connectivity index (χ2n) is 9.07. The monoisotopic (exact) mass is 577 g/mol. The number of halogens is 2. The van der Waals surface area contributed by atoms with Gasteiger partial charge in [-0.05, 0) is 36.2 Å². The van der Waals surface area contributed by atoms with Crippen molar-refractivity contribution in [3.63, 3.8) is 0 Å². The van der Waals surface area contributed by atoms with E-state index in [2.05, 4.69) is 5.10 Å². The van der Waals surface area contributed by atoms with Crippen molar-refractivity contribution >= 4 is 56.6 Å². The second-order valence-corrected chi connectivity index (χ2v) is 10.9. The van der Waals surface area contributed by atoms with Crippen LogP contribution < -0.4 is 0 Å². The lowest BCUT2D eigenvalue weighted by atomic mass is 10.1. The number of aryl methyl sites for hydroxylation is 1. The first-order valence-electron chi connectivity index (χ1n) is 12.3. The van der Waals surface area contributed by atoms with Gasteiger partial charge in [0.25, 0.3) is 5.91 Å². The third kappa shape index (κ3) is 6.33. The number of carbonyl (C=O) groups is 2. The van der Waals surface area contributed by atoms with E-state index in [1.54, 1.807) is 33.8 Å². The van der Waals surface area contributed by atoms with E-state index in [4.69, 9.17) is 27.9 Å². The van der Waals surface area contributed by atoms with Crippen LogP contribution in [0.15, 0.2) is 84.9 Å². The molecule has 198 valence electrons. The quantitative estimate of drug-likeness (QED) is 0.174. The van der Waals surface area contributed by atoms with E-state index in [1.807, 2.05) is 67.6 Å². The van der Waals surface area contributed by atoms with Crippen LogP contribution in [-0.4, -0.2) is 33.2 Å². The van der Waals surface area contributed by atoms with Crippen molar-refractivity contribution in [2.45, 2.75) is 26.6 Å². The standard InChI is InChI=1S/C30H25Cl2N3O3S/c1-20-23-15-27(39-29(23)35(33-20)18-24-25(31)13-8-14-26(24)32)30(37)38-19-28(36)34(16-21-9-4-2-5-10-21)17-22-11-6-3-7-12-22/h2-15H,16-19H2,1H3. The van der Waals surface area contributed by atoms with Crippen molar-refractivity contribution in [2.75, 3.05) is 6.61 Å². The average molecular weight is 579 g/mol. The van der Waals surface area contributed by atoms with Gasteiger partial charge >= 0.3 is 5.97 Å². The number of nitrogens with zero attached hydrogens (tertiary/aromatic N) is 3. The third-order valence-corrected chi connectivity index (χ3v) is 8.13. The molecule has 0 aliphatic carbocycles. The maximum Gasteiger partial charge on any atom is 0.348 e. The minimum absolute atomic E-state index is 0.270. The molecule has 0 fully saturated rings. The highest BCUT2D eigenvalue weighted by atomic mass is 35.5. The van der Waals surface area contributed by atoms with E-state index in [1.165, 1.54) is 11.3 Å². The van der Waals surface area contributed by atoms with E-state index in [9.17, 15) is 9.59 Å². The topological polar surface area (TPSA) is 64.4 Å². The lowest BCUT2D eigenvalue weighted by Crippen LogP contribution is -2.33. The number of hydrogen-bond donors (Lipinski definition) is 0. The summed E-state index contributed by atoms with van der Waals surface area (Å²) in [6.45, 7) is 2.71. The van der Waals surface area contributed by atoms with Crippen LogP contribution >= 0.6 is 34.5 Å². The van der Waals surface area contributed by atoms with Crippen LogP contribution in [0, 0.1) is 6.92 Å². The lowest BCUT2D eigenvalue weighted by molar-refractivity contribution is -0.135. The molecule has 0 aliphatic rings. The van der Waals surface area contributed by atoms with Gasteiger partial charge < -0.3 is 9.64 Å². The number of fused-ring (bicyclic) bond motifs is 1. The van der Waals surface area contributed by atoms with Gasteiger partial charge in [-0.3, -0.25) is 4.79 Å². The van der Waals surface area contributed by atoms with Crippen LogP contribution in [0.5, 0.6) is 0 Å². The number of thiophene rings is 1. The Bertz CT molecular complexity index is 1560. The molecule has 0 saturated heterocycles. The third-order valence-electron chi connectivity index (χ3n) is 6.29. The molecule has 0 N–H and O–H groups in total. The summed E-state index contributed by atoms with van der Waals surface area (Å²) in [5, 5.41) is 6.55. The van der Waals surface area contributed by atoms with E-state index in [0.29, 0.717) is 34.6 Å². The summed E-state index contributed by atoms with van der Waals surface area (Å²) >= 11 is 14.0. The zero-order chi connectivity index (χ0) is 27.4. The number of aromatic nitrogens is 2. The number of benzene rings is 3. The number of hydrogen-bond acceptors (Lipinski definition) is 5. The van der Waals surface area contributed by atoms with Gasteiger partial charge in [-0.25, -0.2) is 9.48 Å². The summed E-state index contributed by atoms with van der Waals surface area (Å²) < 4.78 is 7.27. The fourth-order valence-electron chi connectivity index (χ4n) is 4.28. The minimum Gasteiger partial charge on any atom is -0.451 e. The van der Waals surface area contributed by atoms with Gasteiger partial charge in [0.2, 0.25) is 0 Å². The lowest BCUT2D eigenvalue weighted by Gasteiger charge is -2.23. The fraction of sp³-hybridized carbons (Fsp3) is 0.167. The molecule has 5 rings (SSSR count). The largest absolute Gasteiger partial charge is 0.451 e. The molecule has 0 radical (unpaired) electrons. The van der Waals surface area contributed by atoms with Gasteiger partial charge in [0.1, 0.15) is 9.71 Å². The summed E-state index contributed by atoms with van der Waals surface area (Å²) in [6, 6.07) is 26.6. The molecular weight excluding hydrogens is 553 g/mol. The molecule has 6 nitrogen and oxygen atoms in total. The predicted octanol–water partition coefficient (Wildman–Crippen LogP) is 7.15. The molecule has 0 saturated carbocycles. The van der Waals surface area contributed by atoms with Crippen LogP contribution in [-0.2, 0) is 29.2 Å². The van der Waals surface area contributed by atoms with Crippen LogP contribution in [0.25, 0.3) is 10.2 Å². The average Bonchev–Trinajstić information content (AvgIpc) is 3.51. The van der Waals surface area contributed by atoms with Gasteiger partial charge in [0.05, 0.1) is 12.2 Å². The Hall–Kier alpha value is -3.65. The van der Waals surface area contributed by atoms with Crippen LogP contribution in [0.2, 0.25) is 10.0 Å². The van der Waals surface area contributed by atoms with E-state index < -0.39 is 5.97 Å². The molecular formula is C30H25Cl2N3O3S. The predicted molar refractivity (Wildman–Crippen MR) is 155 cm³/mol. The molecule has 1 amide bonds. The Kier molecular flexibility index (Phi) is 8.31. The van der Waals surface area contributed by atoms with Crippen molar-refractivity contribution in [3.8, 4) is 0 Å².